The Bertz CT molecular complexity index is 698. The van der Waals surface area contributed by atoms with Crippen molar-refractivity contribution >= 4 is 35.1 Å². The van der Waals surface area contributed by atoms with E-state index in [1.165, 1.54) is 6.92 Å². The highest BCUT2D eigenvalue weighted by Gasteiger charge is 2.40. The standard InChI is InChI=1S/C20H26N2O4S/c1-13(23)22-15(19(26)21-11-14-7-5-4-6-8-14)12-27-18-16(24)9-20(2,3)10-17(18)25/h4-8,15,18H,9-12H2,1-3H3,(H,21,26)(H,22,23)/t15-/m1/s1. The molecular weight excluding hydrogens is 364 g/mol. The second-order valence-electron chi connectivity index (χ2n) is 7.62. The number of ketones is 2. The summed E-state index contributed by atoms with van der Waals surface area (Å²) in [5, 5.41) is 4.64. The van der Waals surface area contributed by atoms with Gasteiger partial charge in [0.2, 0.25) is 11.8 Å². The van der Waals surface area contributed by atoms with Gasteiger partial charge < -0.3 is 10.6 Å². The van der Waals surface area contributed by atoms with E-state index in [9.17, 15) is 19.2 Å². The number of nitrogens with one attached hydrogen (secondary N) is 2. The molecule has 2 N–H and O–H groups in total. The van der Waals surface area contributed by atoms with Crippen molar-refractivity contribution in [3.8, 4) is 0 Å². The molecule has 146 valence electrons. The summed E-state index contributed by atoms with van der Waals surface area (Å²) in [6.45, 7) is 5.49. The van der Waals surface area contributed by atoms with Crippen LogP contribution >= 0.6 is 11.8 Å². The van der Waals surface area contributed by atoms with E-state index in [0.29, 0.717) is 19.4 Å². The highest BCUT2D eigenvalue weighted by atomic mass is 32.2. The molecule has 1 aromatic rings. The van der Waals surface area contributed by atoms with E-state index >= 15 is 0 Å². The monoisotopic (exact) mass is 390 g/mol. The summed E-state index contributed by atoms with van der Waals surface area (Å²) in [4.78, 5) is 48.6. The topological polar surface area (TPSA) is 92.3 Å². The molecule has 27 heavy (non-hydrogen) atoms. The summed E-state index contributed by atoms with van der Waals surface area (Å²) in [7, 11) is 0. The van der Waals surface area contributed by atoms with Crippen molar-refractivity contribution in [1.82, 2.24) is 10.6 Å². The van der Waals surface area contributed by atoms with E-state index in [1.807, 2.05) is 44.2 Å². The lowest BCUT2D eigenvalue weighted by atomic mass is 9.76. The highest BCUT2D eigenvalue weighted by Crippen LogP contribution is 2.35. The molecule has 1 aliphatic carbocycles. The smallest absolute Gasteiger partial charge is 0.243 e. The van der Waals surface area contributed by atoms with Crippen molar-refractivity contribution in [2.45, 2.75) is 51.4 Å². The van der Waals surface area contributed by atoms with Crippen LogP contribution in [-0.4, -0.2) is 40.4 Å². The fraction of sp³-hybridized carbons (Fsp3) is 0.500. The van der Waals surface area contributed by atoms with Gasteiger partial charge in [0.25, 0.3) is 0 Å². The average Bonchev–Trinajstić information content (AvgIpc) is 2.57. The third kappa shape index (κ3) is 6.50. The predicted molar refractivity (Wildman–Crippen MR) is 105 cm³/mol. The van der Waals surface area contributed by atoms with Gasteiger partial charge >= 0.3 is 0 Å². The number of hydrogen-bond donors (Lipinski definition) is 2. The Morgan fingerprint density at radius 2 is 1.74 bits per heavy atom. The number of carbonyl (C=O) groups excluding carboxylic acids is 4. The Balaban J connectivity index is 1.95. The predicted octanol–water partition coefficient (Wildman–Crippen LogP) is 1.87. The van der Waals surface area contributed by atoms with Gasteiger partial charge in [-0.05, 0) is 11.0 Å². The Labute approximate surface area is 163 Å². The van der Waals surface area contributed by atoms with Crippen LogP contribution in [0, 0.1) is 5.41 Å². The number of amides is 2. The lowest BCUT2D eigenvalue weighted by Gasteiger charge is -2.32. The maximum Gasteiger partial charge on any atom is 0.243 e. The third-order valence-corrected chi connectivity index (χ3v) is 5.71. The molecule has 1 atom stereocenters. The molecule has 0 bridgehead atoms. The zero-order chi connectivity index (χ0) is 20.0. The molecule has 1 aliphatic rings. The molecule has 2 amide bonds. The number of Topliss-reactive ketones (excluding diaryl/α,β-unsaturated/α-hetero) is 2. The molecule has 1 fully saturated rings. The summed E-state index contributed by atoms with van der Waals surface area (Å²) in [5.74, 6) is -0.710. The van der Waals surface area contributed by atoms with Crippen LogP contribution in [0.15, 0.2) is 30.3 Å². The van der Waals surface area contributed by atoms with Crippen molar-refractivity contribution in [2.24, 2.45) is 5.41 Å². The highest BCUT2D eigenvalue weighted by molar-refractivity contribution is 8.01. The van der Waals surface area contributed by atoms with Gasteiger partial charge in [0, 0.05) is 32.1 Å². The summed E-state index contributed by atoms with van der Waals surface area (Å²) in [6, 6.07) is 8.63. The van der Waals surface area contributed by atoms with Crippen LogP contribution in [-0.2, 0) is 25.7 Å². The fourth-order valence-corrected chi connectivity index (χ4v) is 4.24. The molecule has 0 radical (unpaired) electrons. The van der Waals surface area contributed by atoms with Gasteiger partial charge in [-0.25, -0.2) is 0 Å². The molecule has 0 heterocycles. The zero-order valence-electron chi connectivity index (χ0n) is 15.9. The molecule has 7 heteroatoms. The number of carbonyl (C=O) groups is 4. The van der Waals surface area contributed by atoms with Gasteiger partial charge in [-0.3, -0.25) is 19.2 Å². The van der Waals surface area contributed by atoms with Crippen LogP contribution in [0.1, 0.15) is 39.2 Å². The van der Waals surface area contributed by atoms with E-state index in [4.69, 9.17) is 0 Å². The summed E-state index contributed by atoms with van der Waals surface area (Å²) in [5.41, 5.74) is 0.634. The van der Waals surface area contributed by atoms with Crippen LogP contribution < -0.4 is 10.6 Å². The number of thioether (sulfide) groups is 1. The van der Waals surface area contributed by atoms with Gasteiger partial charge in [0.05, 0.1) is 0 Å². The Kier molecular flexibility index (Phi) is 7.18. The van der Waals surface area contributed by atoms with Gasteiger partial charge in [-0.2, -0.15) is 0 Å². The summed E-state index contributed by atoms with van der Waals surface area (Å²) in [6.07, 6.45) is 0.697. The van der Waals surface area contributed by atoms with Gasteiger partial charge in [0.15, 0.2) is 11.6 Å². The first-order valence-corrected chi connectivity index (χ1v) is 9.98. The first kappa shape index (κ1) is 21.2. The van der Waals surface area contributed by atoms with E-state index in [2.05, 4.69) is 10.6 Å². The van der Waals surface area contributed by atoms with E-state index in [0.717, 1.165) is 17.3 Å². The molecular formula is C20H26N2O4S. The Hall–Kier alpha value is -2.15. The van der Waals surface area contributed by atoms with Crippen molar-refractivity contribution in [3.05, 3.63) is 35.9 Å². The minimum Gasteiger partial charge on any atom is -0.350 e. The average molecular weight is 391 g/mol. The number of rotatable bonds is 7. The number of hydrogen-bond acceptors (Lipinski definition) is 5. The van der Waals surface area contributed by atoms with Crippen molar-refractivity contribution in [2.75, 3.05) is 5.75 Å². The molecule has 2 rings (SSSR count). The fourth-order valence-electron chi connectivity index (χ4n) is 3.09. The summed E-state index contributed by atoms with van der Waals surface area (Å²) < 4.78 is 0. The first-order valence-electron chi connectivity index (χ1n) is 8.94. The second kappa shape index (κ2) is 9.17. The van der Waals surface area contributed by atoms with Crippen LogP contribution in [0.3, 0.4) is 0 Å². The van der Waals surface area contributed by atoms with Crippen molar-refractivity contribution in [1.29, 1.82) is 0 Å². The normalized spacial score (nSPS) is 18.0. The van der Waals surface area contributed by atoms with Gasteiger partial charge in [-0.15, -0.1) is 11.8 Å². The quantitative estimate of drug-likeness (QED) is 0.694. The van der Waals surface area contributed by atoms with Crippen LogP contribution in [0.5, 0.6) is 0 Å². The largest absolute Gasteiger partial charge is 0.350 e. The zero-order valence-corrected chi connectivity index (χ0v) is 16.7. The molecule has 0 aliphatic heterocycles. The maximum atomic E-state index is 12.5. The molecule has 0 unspecified atom stereocenters. The third-order valence-electron chi connectivity index (χ3n) is 4.32. The van der Waals surface area contributed by atoms with Crippen LogP contribution in [0.4, 0.5) is 0 Å². The van der Waals surface area contributed by atoms with Crippen LogP contribution in [0.2, 0.25) is 0 Å². The molecule has 1 saturated carbocycles. The molecule has 0 aromatic heterocycles. The molecule has 0 saturated heterocycles. The lowest BCUT2D eigenvalue weighted by molar-refractivity contribution is -0.132. The minimum atomic E-state index is -0.799. The van der Waals surface area contributed by atoms with Crippen molar-refractivity contribution < 1.29 is 19.2 Å². The minimum absolute atomic E-state index is 0.104. The SMILES string of the molecule is CC(=O)N[C@H](CSC1C(=O)CC(C)(C)CC1=O)C(=O)NCc1ccccc1. The Morgan fingerprint density at radius 3 is 2.30 bits per heavy atom. The molecule has 0 spiro atoms. The van der Waals surface area contributed by atoms with E-state index in [-0.39, 0.29) is 34.5 Å². The lowest BCUT2D eigenvalue weighted by Crippen LogP contribution is -2.48. The van der Waals surface area contributed by atoms with Crippen LogP contribution in [0.25, 0.3) is 0 Å². The van der Waals surface area contributed by atoms with Gasteiger partial charge in [0.1, 0.15) is 11.3 Å². The summed E-state index contributed by atoms with van der Waals surface area (Å²) >= 11 is 1.14. The van der Waals surface area contributed by atoms with Crippen molar-refractivity contribution in [3.63, 3.8) is 0 Å². The maximum absolute atomic E-state index is 12.5. The van der Waals surface area contributed by atoms with E-state index in [1.54, 1.807) is 0 Å². The second-order valence-corrected chi connectivity index (χ2v) is 8.76. The molecule has 1 aromatic carbocycles. The van der Waals surface area contributed by atoms with E-state index < -0.39 is 11.3 Å². The number of benzene rings is 1. The van der Waals surface area contributed by atoms with Gasteiger partial charge in [-0.1, -0.05) is 44.2 Å². The molecule has 6 nitrogen and oxygen atoms in total. The first-order chi connectivity index (χ1) is 12.7. The Morgan fingerprint density at radius 1 is 1.15 bits per heavy atom.